The van der Waals surface area contributed by atoms with Gasteiger partial charge in [-0.3, -0.25) is 0 Å². The molecule has 29 heavy (non-hydrogen) atoms. The number of hydrogen-bond acceptors (Lipinski definition) is 6. The summed E-state index contributed by atoms with van der Waals surface area (Å²) < 4.78 is 38.9. The summed E-state index contributed by atoms with van der Waals surface area (Å²) >= 11 is 0. The number of carbonyl (C=O) groups excluding carboxylic acids is 1. The minimum Gasteiger partial charge on any atom is -0.490 e. The van der Waals surface area contributed by atoms with Crippen LogP contribution in [0, 0.1) is 0 Å². The molecule has 8 nitrogen and oxygen atoms in total. The van der Waals surface area contributed by atoms with Crippen LogP contribution >= 0.6 is 0 Å². The summed E-state index contributed by atoms with van der Waals surface area (Å²) in [7, 11) is -1.70. The van der Waals surface area contributed by atoms with E-state index in [4.69, 9.17) is 9.47 Å². The lowest BCUT2D eigenvalue weighted by Crippen LogP contribution is -2.39. The Morgan fingerprint density at radius 3 is 2.38 bits per heavy atom. The largest absolute Gasteiger partial charge is 0.490 e. The minimum atomic E-state index is -3.63. The molecule has 0 saturated carbocycles. The third-order valence-electron chi connectivity index (χ3n) is 5.31. The Morgan fingerprint density at radius 2 is 1.76 bits per heavy atom. The zero-order valence-corrected chi connectivity index (χ0v) is 18.1. The molecule has 0 radical (unpaired) electrons. The standard InChI is InChI=1S/C20H27N3O5S/c1-20(2,3)28-19(24)22-10-14-12-23(13-15(14)11-22)29(25,26)16-5-6-18-17(9-16)21(4)7-8-27-18/h5-6,9H,7-8,10-13H2,1-4H3. The molecule has 9 heteroatoms. The molecule has 0 spiro atoms. The van der Waals surface area contributed by atoms with E-state index in [1.807, 2.05) is 32.7 Å². The van der Waals surface area contributed by atoms with Gasteiger partial charge >= 0.3 is 6.09 Å². The Bertz CT molecular complexity index is 962. The van der Waals surface area contributed by atoms with E-state index in [0.29, 0.717) is 38.5 Å². The van der Waals surface area contributed by atoms with Gasteiger partial charge in [0, 0.05) is 33.2 Å². The van der Waals surface area contributed by atoms with Crippen molar-refractivity contribution in [3.63, 3.8) is 0 Å². The number of likely N-dealkylation sites (N-methyl/N-ethyl adjacent to an activating group) is 1. The van der Waals surface area contributed by atoms with Crippen LogP contribution in [-0.4, -0.2) is 75.7 Å². The number of carbonyl (C=O) groups is 1. The van der Waals surface area contributed by atoms with Gasteiger partial charge in [-0.1, -0.05) is 0 Å². The number of nitrogens with zero attached hydrogens (tertiary/aromatic N) is 3. The van der Waals surface area contributed by atoms with Crippen molar-refractivity contribution in [1.29, 1.82) is 0 Å². The average molecular weight is 422 g/mol. The first-order valence-electron chi connectivity index (χ1n) is 9.70. The Hall–Kier alpha value is -2.26. The molecule has 3 aliphatic heterocycles. The normalized spacial score (nSPS) is 19.9. The van der Waals surface area contributed by atoms with Crippen LogP contribution in [0.4, 0.5) is 10.5 Å². The van der Waals surface area contributed by atoms with Gasteiger partial charge in [-0.15, -0.1) is 0 Å². The van der Waals surface area contributed by atoms with Gasteiger partial charge in [0.25, 0.3) is 0 Å². The molecule has 3 heterocycles. The van der Waals surface area contributed by atoms with Crippen LogP contribution in [0.1, 0.15) is 20.8 Å². The molecule has 0 unspecified atom stereocenters. The van der Waals surface area contributed by atoms with Gasteiger partial charge < -0.3 is 19.3 Å². The van der Waals surface area contributed by atoms with Crippen molar-refractivity contribution in [2.75, 3.05) is 51.3 Å². The van der Waals surface area contributed by atoms with Crippen LogP contribution < -0.4 is 9.64 Å². The van der Waals surface area contributed by atoms with E-state index >= 15 is 0 Å². The fourth-order valence-corrected chi connectivity index (χ4v) is 5.26. The molecular weight excluding hydrogens is 394 g/mol. The van der Waals surface area contributed by atoms with E-state index in [2.05, 4.69) is 0 Å². The van der Waals surface area contributed by atoms with E-state index in [1.54, 1.807) is 23.1 Å². The first-order chi connectivity index (χ1) is 13.5. The number of fused-ring (bicyclic) bond motifs is 1. The van der Waals surface area contributed by atoms with E-state index in [0.717, 1.165) is 23.4 Å². The van der Waals surface area contributed by atoms with Crippen LogP contribution in [0.5, 0.6) is 5.75 Å². The predicted octanol–water partition coefficient (Wildman–Crippen LogP) is 2.07. The maximum Gasteiger partial charge on any atom is 0.410 e. The maximum absolute atomic E-state index is 13.2. The summed E-state index contributed by atoms with van der Waals surface area (Å²) in [6.45, 7) is 8.24. The summed E-state index contributed by atoms with van der Waals surface area (Å²) in [4.78, 5) is 16.2. The number of benzene rings is 1. The molecule has 0 aromatic heterocycles. The van der Waals surface area contributed by atoms with Crippen molar-refractivity contribution in [2.24, 2.45) is 0 Å². The SMILES string of the molecule is CN1CCOc2ccc(S(=O)(=O)N3CC4=C(CN(C(=O)OC(C)(C)C)C4)C3)cc21. The first-order valence-corrected chi connectivity index (χ1v) is 11.1. The van der Waals surface area contributed by atoms with Gasteiger partial charge in [0.1, 0.15) is 18.0 Å². The fourth-order valence-electron chi connectivity index (χ4n) is 3.81. The van der Waals surface area contributed by atoms with Gasteiger partial charge in [-0.25, -0.2) is 13.2 Å². The van der Waals surface area contributed by atoms with Crippen molar-refractivity contribution in [3.05, 3.63) is 29.3 Å². The summed E-state index contributed by atoms with van der Waals surface area (Å²) in [6.07, 6.45) is -0.362. The maximum atomic E-state index is 13.2. The summed E-state index contributed by atoms with van der Waals surface area (Å²) in [6, 6.07) is 5.00. The predicted molar refractivity (Wildman–Crippen MR) is 109 cm³/mol. The number of sulfonamides is 1. The van der Waals surface area contributed by atoms with Gasteiger partial charge in [-0.2, -0.15) is 4.31 Å². The van der Waals surface area contributed by atoms with Crippen LogP contribution in [0.25, 0.3) is 0 Å². The lowest BCUT2D eigenvalue weighted by molar-refractivity contribution is 0.0295. The van der Waals surface area contributed by atoms with Crippen LogP contribution in [0.3, 0.4) is 0 Å². The molecular formula is C20H27N3O5S. The highest BCUT2D eigenvalue weighted by Gasteiger charge is 2.39. The molecule has 4 rings (SSSR count). The Kier molecular flexibility index (Phi) is 4.77. The zero-order chi connectivity index (χ0) is 21.0. The van der Waals surface area contributed by atoms with E-state index in [-0.39, 0.29) is 11.0 Å². The van der Waals surface area contributed by atoms with E-state index in [1.165, 1.54) is 4.31 Å². The molecule has 1 aromatic rings. The van der Waals surface area contributed by atoms with Crippen LogP contribution in [0.2, 0.25) is 0 Å². The van der Waals surface area contributed by atoms with Gasteiger partial charge in [-0.05, 0) is 50.1 Å². The number of rotatable bonds is 2. The molecule has 0 fully saturated rings. The lowest BCUT2D eigenvalue weighted by atomic mass is 10.2. The summed E-state index contributed by atoms with van der Waals surface area (Å²) in [5, 5.41) is 0. The molecule has 0 bridgehead atoms. The third-order valence-corrected chi connectivity index (χ3v) is 7.10. The average Bonchev–Trinajstić information content (AvgIpc) is 3.20. The van der Waals surface area contributed by atoms with Crippen molar-refractivity contribution < 1.29 is 22.7 Å². The fraction of sp³-hybridized carbons (Fsp3) is 0.550. The van der Waals surface area contributed by atoms with E-state index < -0.39 is 15.6 Å². The quantitative estimate of drug-likeness (QED) is 0.680. The highest BCUT2D eigenvalue weighted by atomic mass is 32.2. The molecule has 1 aromatic carbocycles. The van der Waals surface area contributed by atoms with Gasteiger partial charge in [0.15, 0.2) is 0 Å². The first kappa shape index (κ1) is 20.0. The topological polar surface area (TPSA) is 79.4 Å². The summed E-state index contributed by atoms with van der Waals surface area (Å²) in [5.74, 6) is 0.702. The Labute approximate surface area is 171 Å². The number of anilines is 1. The Balaban J connectivity index is 1.46. The number of ether oxygens (including phenoxy) is 2. The van der Waals surface area contributed by atoms with Gasteiger partial charge in [0.05, 0.1) is 17.1 Å². The molecule has 0 N–H and O–H groups in total. The smallest absolute Gasteiger partial charge is 0.410 e. The second-order valence-corrected chi connectivity index (χ2v) is 10.7. The number of hydrogen-bond donors (Lipinski definition) is 0. The third kappa shape index (κ3) is 3.81. The molecule has 0 saturated heterocycles. The molecule has 1 amide bonds. The zero-order valence-electron chi connectivity index (χ0n) is 17.3. The Morgan fingerprint density at radius 1 is 1.10 bits per heavy atom. The van der Waals surface area contributed by atoms with Gasteiger partial charge in [0.2, 0.25) is 10.0 Å². The number of amides is 1. The van der Waals surface area contributed by atoms with E-state index in [9.17, 15) is 13.2 Å². The molecule has 3 aliphatic rings. The highest BCUT2D eigenvalue weighted by Crippen LogP contribution is 2.36. The van der Waals surface area contributed by atoms with Crippen molar-refractivity contribution >= 4 is 21.8 Å². The monoisotopic (exact) mass is 421 g/mol. The lowest BCUT2D eigenvalue weighted by Gasteiger charge is -2.29. The van der Waals surface area contributed by atoms with Crippen molar-refractivity contribution in [2.45, 2.75) is 31.3 Å². The summed E-state index contributed by atoms with van der Waals surface area (Å²) in [5.41, 5.74) is 2.20. The van der Waals surface area contributed by atoms with Crippen LogP contribution in [-0.2, 0) is 14.8 Å². The second kappa shape index (κ2) is 6.91. The molecule has 158 valence electrons. The molecule has 0 atom stereocenters. The highest BCUT2D eigenvalue weighted by molar-refractivity contribution is 7.89. The molecule has 0 aliphatic carbocycles. The van der Waals surface area contributed by atoms with Crippen LogP contribution in [0.15, 0.2) is 34.2 Å². The van der Waals surface area contributed by atoms with Crippen molar-refractivity contribution in [1.82, 2.24) is 9.21 Å². The second-order valence-electron chi connectivity index (χ2n) is 8.72. The van der Waals surface area contributed by atoms with Crippen molar-refractivity contribution in [3.8, 4) is 5.75 Å². The minimum absolute atomic E-state index is 0.263.